The van der Waals surface area contributed by atoms with E-state index in [2.05, 4.69) is 10.1 Å². The van der Waals surface area contributed by atoms with Gasteiger partial charge < -0.3 is 10.9 Å². The molecule has 4 rings (SSSR count). The number of halogens is 3. The number of oxime groups is 1. The van der Waals surface area contributed by atoms with Crippen LogP contribution in [0.3, 0.4) is 0 Å². The Hall–Kier alpha value is -3.60. The molecule has 0 spiro atoms. The van der Waals surface area contributed by atoms with Gasteiger partial charge in [-0.3, -0.25) is 9.29 Å². The molecule has 0 bridgehead atoms. The van der Waals surface area contributed by atoms with E-state index in [-0.39, 0.29) is 17.3 Å². The van der Waals surface area contributed by atoms with Crippen molar-refractivity contribution in [2.75, 3.05) is 10.8 Å². The molecular weight excluding hydrogens is 445 g/mol. The molecule has 0 radical (unpaired) electrons. The van der Waals surface area contributed by atoms with Crippen LogP contribution in [-0.4, -0.2) is 31.0 Å². The van der Waals surface area contributed by atoms with Gasteiger partial charge in [0.15, 0.2) is 5.84 Å². The van der Waals surface area contributed by atoms with Crippen molar-refractivity contribution < 1.29 is 26.8 Å². The Kier molecular flexibility index (Phi) is 5.29. The van der Waals surface area contributed by atoms with Crippen LogP contribution in [0.4, 0.5) is 18.9 Å². The normalized spacial score (nSPS) is 14.5. The fraction of sp³-hybridized carbons (Fsp3) is 0.143. The molecule has 2 aromatic carbocycles. The van der Waals surface area contributed by atoms with Crippen LogP contribution in [-0.2, 0) is 22.6 Å². The van der Waals surface area contributed by atoms with Crippen LogP contribution in [0.2, 0.25) is 0 Å². The topological polar surface area (TPSA) is 109 Å². The van der Waals surface area contributed by atoms with E-state index in [1.807, 2.05) is 0 Å². The smallest absolute Gasteiger partial charge is 0.409 e. The van der Waals surface area contributed by atoms with E-state index in [4.69, 9.17) is 10.9 Å². The van der Waals surface area contributed by atoms with E-state index >= 15 is 0 Å². The highest BCUT2D eigenvalue weighted by atomic mass is 32.2. The lowest BCUT2D eigenvalue weighted by atomic mass is 10.0. The molecule has 32 heavy (non-hydrogen) atoms. The average molecular weight is 462 g/mol. The summed E-state index contributed by atoms with van der Waals surface area (Å²) in [5.41, 5.74) is 7.33. The number of nitrogens with zero attached hydrogens (tertiary/aromatic N) is 3. The number of nitrogens with two attached hydrogens (primary N) is 1. The van der Waals surface area contributed by atoms with Crippen molar-refractivity contribution in [2.24, 2.45) is 10.9 Å². The number of fused-ring (bicyclic) bond motifs is 1. The predicted molar refractivity (Wildman–Crippen MR) is 112 cm³/mol. The molecule has 3 aromatic rings. The minimum Gasteiger partial charge on any atom is -0.409 e. The van der Waals surface area contributed by atoms with Crippen molar-refractivity contribution in [3.63, 3.8) is 0 Å². The first-order valence-corrected chi connectivity index (χ1v) is 10.8. The minimum atomic E-state index is -4.51. The van der Waals surface area contributed by atoms with Gasteiger partial charge >= 0.3 is 6.18 Å². The van der Waals surface area contributed by atoms with E-state index in [1.165, 1.54) is 34.6 Å². The monoisotopic (exact) mass is 462 g/mol. The molecule has 0 amide bonds. The van der Waals surface area contributed by atoms with Gasteiger partial charge in [0.05, 0.1) is 10.6 Å². The van der Waals surface area contributed by atoms with Crippen LogP contribution < -0.4 is 10.0 Å². The summed E-state index contributed by atoms with van der Waals surface area (Å²) >= 11 is 0. The molecule has 0 unspecified atom stereocenters. The summed E-state index contributed by atoms with van der Waals surface area (Å²) in [6, 6.07) is 12.9. The Morgan fingerprint density at radius 3 is 2.34 bits per heavy atom. The van der Waals surface area contributed by atoms with Gasteiger partial charge in [-0.1, -0.05) is 17.3 Å². The minimum absolute atomic E-state index is 0.0517. The van der Waals surface area contributed by atoms with Gasteiger partial charge in [0.1, 0.15) is 5.69 Å². The van der Waals surface area contributed by atoms with Crippen LogP contribution in [0.15, 0.2) is 70.8 Å². The lowest BCUT2D eigenvalue weighted by Gasteiger charge is -2.20. The van der Waals surface area contributed by atoms with Gasteiger partial charge in [-0.25, -0.2) is 8.42 Å². The molecule has 1 aromatic heterocycles. The van der Waals surface area contributed by atoms with E-state index in [0.717, 1.165) is 17.8 Å². The number of alkyl halides is 3. The largest absolute Gasteiger partial charge is 0.433 e. The lowest BCUT2D eigenvalue weighted by Crippen LogP contribution is -2.29. The number of rotatable bonds is 4. The number of pyridine rings is 1. The number of aromatic nitrogens is 1. The number of sulfonamides is 1. The van der Waals surface area contributed by atoms with Gasteiger partial charge in [-0.2, -0.15) is 13.2 Å². The van der Waals surface area contributed by atoms with Crippen molar-refractivity contribution in [1.29, 1.82) is 0 Å². The first kappa shape index (κ1) is 21.6. The standard InChI is InChI=1S/C21H17F3N4O3S/c22-21(23,24)19-8-4-16(12-26-19)14-3-7-18-15(11-14)9-10-28(18)32(30,31)17-5-1-13(2-6-17)20(25)27-29/h1-8,11-12,29H,9-10H2,(H2,25,27). The van der Waals surface area contributed by atoms with E-state index in [1.54, 1.807) is 18.2 Å². The van der Waals surface area contributed by atoms with Crippen LogP contribution >= 0.6 is 0 Å². The highest BCUT2D eigenvalue weighted by Crippen LogP contribution is 2.36. The summed E-state index contributed by atoms with van der Waals surface area (Å²) < 4.78 is 65.7. The van der Waals surface area contributed by atoms with E-state index < -0.39 is 21.9 Å². The summed E-state index contributed by atoms with van der Waals surface area (Å²) in [6.07, 6.45) is -2.91. The number of hydrogen-bond acceptors (Lipinski definition) is 5. The molecule has 11 heteroatoms. The average Bonchev–Trinajstić information content (AvgIpc) is 3.22. The summed E-state index contributed by atoms with van der Waals surface area (Å²) in [5, 5.41) is 11.6. The third-order valence-corrected chi connectivity index (χ3v) is 6.99. The van der Waals surface area contributed by atoms with Gasteiger partial charge in [0, 0.05) is 23.9 Å². The Bertz CT molecular complexity index is 1290. The number of benzene rings is 2. The Labute approximate surface area is 181 Å². The van der Waals surface area contributed by atoms with Crippen LogP contribution in [0.25, 0.3) is 11.1 Å². The summed E-state index contributed by atoms with van der Waals surface area (Å²) in [4.78, 5) is 3.53. The highest BCUT2D eigenvalue weighted by molar-refractivity contribution is 7.92. The SMILES string of the molecule is NC(=NO)c1ccc(S(=O)(=O)N2CCc3cc(-c4ccc(C(F)(F)F)nc4)ccc32)cc1. The zero-order valence-corrected chi connectivity index (χ0v) is 17.2. The zero-order chi connectivity index (χ0) is 23.1. The predicted octanol–water partition coefficient (Wildman–Crippen LogP) is 3.61. The third kappa shape index (κ3) is 3.86. The Balaban J connectivity index is 1.62. The van der Waals surface area contributed by atoms with Gasteiger partial charge in [-0.05, 0) is 60.0 Å². The maximum Gasteiger partial charge on any atom is 0.433 e. The zero-order valence-electron chi connectivity index (χ0n) is 16.4. The van der Waals surface area contributed by atoms with Gasteiger partial charge in [0.25, 0.3) is 10.0 Å². The molecule has 0 saturated carbocycles. The second-order valence-electron chi connectivity index (χ2n) is 7.11. The van der Waals surface area contributed by atoms with Crippen molar-refractivity contribution >= 4 is 21.5 Å². The lowest BCUT2D eigenvalue weighted by molar-refractivity contribution is -0.141. The van der Waals surface area contributed by atoms with Gasteiger partial charge in [0.2, 0.25) is 0 Å². The molecule has 0 atom stereocenters. The van der Waals surface area contributed by atoms with E-state index in [9.17, 15) is 21.6 Å². The fourth-order valence-corrected chi connectivity index (χ4v) is 5.02. The molecule has 7 nitrogen and oxygen atoms in total. The first-order chi connectivity index (χ1) is 15.1. The second-order valence-corrected chi connectivity index (χ2v) is 8.97. The maximum absolute atomic E-state index is 13.1. The van der Waals surface area contributed by atoms with Crippen molar-refractivity contribution in [2.45, 2.75) is 17.5 Å². The fourth-order valence-electron chi connectivity index (χ4n) is 3.52. The first-order valence-electron chi connectivity index (χ1n) is 9.38. The molecular formula is C21H17F3N4O3S. The number of hydrogen-bond donors (Lipinski definition) is 2. The number of anilines is 1. The highest BCUT2D eigenvalue weighted by Gasteiger charge is 2.33. The third-order valence-electron chi connectivity index (χ3n) is 5.17. The Morgan fingerprint density at radius 2 is 1.75 bits per heavy atom. The second kappa shape index (κ2) is 7.83. The molecule has 166 valence electrons. The maximum atomic E-state index is 13.1. The van der Waals surface area contributed by atoms with Crippen LogP contribution in [0, 0.1) is 0 Å². The van der Waals surface area contributed by atoms with Crippen molar-refractivity contribution in [1.82, 2.24) is 4.98 Å². The number of amidine groups is 1. The molecule has 0 fully saturated rings. The molecule has 2 heterocycles. The summed E-state index contributed by atoms with van der Waals surface area (Å²) in [5.74, 6) is -0.134. The molecule has 3 N–H and O–H groups in total. The van der Waals surface area contributed by atoms with E-state index in [0.29, 0.717) is 28.8 Å². The molecule has 1 aliphatic heterocycles. The molecule has 0 saturated heterocycles. The van der Waals surface area contributed by atoms with Crippen LogP contribution in [0.1, 0.15) is 16.8 Å². The van der Waals surface area contributed by atoms with Crippen molar-refractivity contribution in [3.8, 4) is 11.1 Å². The van der Waals surface area contributed by atoms with Gasteiger partial charge in [-0.15, -0.1) is 0 Å². The quantitative estimate of drug-likeness (QED) is 0.267. The molecule has 1 aliphatic rings. The summed E-state index contributed by atoms with van der Waals surface area (Å²) in [7, 11) is -3.85. The van der Waals surface area contributed by atoms with Crippen molar-refractivity contribution in [3.05, 3.63) is 77.6 Å². The molecule has 0 aliphatic carbocycles. The van der Waals surface area contributed by atoms with Crippen LogP contribution in [0.5, 0.6) is 0 Å². The summed E-state index contributed by atoms with van der Waals surface area (Å²) in [6.45, 7) is 0.231. The Morgan fingerprint density at radius 1 is 1.06 bits per heavy atom.